The fraction of sp³-hybridized carbons (Fsp3) is 0.579. The van der Waals surface area contributed by atoms with E-state index in [1.807, 2.05) is 31.2 Å². The van der Waals surface area contributed by atoms with Crippen LogP contribution < -0.4 is 10.1 Å². The lowest BCUT2D eigenvalue weighted by Crippen LogP contribution is -2.42. The van der Waals surface area contributed by atoms with Crippen LogP contribution in [-0.4, -0.2) is 31.1 Å². The van der Waals surface area contributed by atoms with Gasteiger partial charge < -0.3 is 14.8 Å². The molecule has 1 aromatic rings. The maximum Gasteiger partial charge on any atom is 0.309 e. The topological polar surface area (TPSA) is 64.6 Å². The van der Waals surface area contributed by atoms with Crippen LogP contribution in [0.25, 0.3) is 0 Å². The number of hydrogen-bond acceptors (Lipinski definition) is 4. The van der Waals surface area contributed by atoms with E-state index in [2.05, 4.69) is 12.2 Å². The van der Waals surface area contributed by atoms with Gasteiger partial charge in [0.2, 0.25) is 0 Å². The van der Waals surface area contributed by atoms with Crippen molar-refractivity contribution in [3.63, 3.8) is 0 Å². The number of nitrogens with one attached hydrogen (secondary N) is 1. The van der Waals surface area contributed by atoms with Crippen LogP contribution in [0.5, 0.6) is 5.75 Å². The Hall–Kier alpha value is -2.04. The second-order valence-electron chi connectivity index (χ2n) is 6.51. The molecule has 1 saturated carbocycles. The minimum Gasteiger partial charge on any atom is -0.493 e. The highest BCUT2D eigenvalue weighted by atomic mass is 16.5. The molecule has 1 aliphatic carbocycles. The molecule has 0 unspecified atom stereocenters. The van der Waals surface area contributed by atoms with Crippen LogP contribution in [0.15, 0.2) is 24.3 Å². The van der Waals surface area contributed by atoms with Gasteiger partial charge in [0.15, 0.2) is 6.61 Å². The molecule has 0 bridgehead atoms. The molecule has 0 saturated heterocycles. The second-order valence-corrected chi connectivity index (χ2v) is 6.51. The van der Waals surface area contributed by atoms with E-state index < -0.39 is 5.97 Å². The maximum absolute atomic E-state index is 11.9. The molecule has 1 aliphatic rings. The van der Waals surface area contributed by atoms with Gasteiger partial charge in [0.05, 0.1) is 13.0 Å². The summed E-state index contributed by atoms with van der Waals surface area (Å²) >= 11 is 0. The number of benzene rings is 1. The first-order valence-corrected chi connectivity index (χ1v) is 8.69. The molecule has 1 N–H and O–H groups in total. The minimum atomic E-state index is -0.422. The standard InChI is InChI=1S/C19H27NO4/c1-14-7-9-16(10-8-14)23-12-11-19(22)24-13-18(21)20-17-6-4-3-5-15(17)2/h7-10,15,17H,3-6,11-13H2,1-2H3,(H,20,21)/t15-,17-/m1/s1. The van der Waals surface area contributed by atoms with Gasteiger partial charge in [-0.25, -0.2) is 0 Å². The van der Waals surface area contributed by atoms with Gasteiger partial charge in [-0.1, -0.05) is 37.5 Å². The first-order chi connectivity index (χ1) is 11.5. The minimum absolute atomic E-state index is 0.126. The highest BCUT2D eigenvalue weighted by molar-refractivity contribution is 5.80. The van der Waals surface area contributed by atoms with E-state index in [1.54, 1.807) is 0 Å². The van der Waals surface area contributed by atoms with Crippen LogP contribution in [0.4, 0.5) is 0 Å². The van der Waals surface area contributed by atoms with E-state index in [9.17, 15) is 9.59 Å². The van der Waals surface area contributed by atoms with Crippen LogP contribution in [0.2, 0.25) is 0 Å². The largest absolute Gasteiger partial charge is 0.493 e. The highest BCUT2D eigenvalue weighted by Gasteiger charge is 2.23. The first-order valence-electron chi connectivity index (χ1n) is 8.69. The molecule has 5 nitrogen and oxygen atoms in total. The number of hydrogen-bond donors (Lipinski definition) is 1. The summed E-state index contributed by atoms with van der Waals surface area (Å²) < 4.78 is 10.5. The Morgan fingerprint density at radius 1 is 1.17 bits per heavy atom. The third kappa shape index (κ3) is 6.22. The molecular formula is C19H27NO4. The van der Waals surface area contributed by atoms with Crippen molar-refractivity contribution >= 4 is 11.9 Å². The van der Waals surface area contributed by atoms with Gasteiger partial charge in [-0.15, -0.1) is 0 Å². The lowest BCUT2D eigenvalue weighted by Gasteiger charge is -2.29. The average molecular weight is 333 g/mol. The lowest BCUT2D eigenvalue weighted by molar-refractivity contribution is -0.149. The normalized spacial score (nSPS) is 20.2. The summed E-state index contributed by atoms with van der Waals surface area (Å²) in [6, 6.07) is 7.82. The number of amides is 1. The molecule has 0 spiro atoms. The molecule has 5 heteroatoms. The molecule has 1 amide bonds. The van der Waals surface area contributed by atoms with E-state index in [0.717, 1.165) is 30.6 Å². The zero-order valence-electron chi connectivity index (χ0n) is 14.5. The Labute approximate surface area is 143 Å². The van der Waals surface area contributed by atoms with E-state index in [1.165, 1.54) is 6.42 Å². The fourth-order valence-corrected chi connectivity index (χ4v) is 2.88. The fourth-order valence-electron chi connectivity index (χ4n) is 2.88. The third-order valence-corrected chi connectivity index (χ3v) is 4.42. The van der Waals surface area contributed by atoms with E-state index in [0.29, 0.717) is 5.92 Å². The summed E-state index contributed by atoms with van der Waals surface area (Å²) in [7, 11) is 0. The molecule has 0 radical (unpaired) electrons. The summed E-state index contributed by atoms with van der Waals surface area (Å²) in [5.74, 6) is 0.564. The van der Waals surface area contributed by atoms with Crippen LogP contribution in [0, 0.1) is 12.8 Å². The van der Waals surface area contributed by atoms with E-state index in [4.69, 9.17) is 9.47 Å². The summed E-state index contributed by atoms with van der Waals surface area (Å²) in [4.78, 5) is 23.5. The van der Waals surface area contributed by atoms with Crippen LogP contribution >= 0.6 is 0 Å². The van der Waals surface area contributed by atoms with Crippen molar-refractivity contribution in [1.82, 2.24) is 5.32 Å². The number of aryl methyl sites for hydroxylation is 1. The van der Waals surface area contributed by atoms with Crippen LogP contribution in [-0.2, 0) is 14.3 Å². The summed E-state index contributed by atoms with van der Waals surface area (Å²) in [5, 5.41) is 2.96. The van der Waals surface area contributed by atoms with Gasteiger partial charge in [-0.3, -0.25) is 9.59 Å². The van der Waals surface area contributed by atoms with Gasteiger partial charge >= 0.3 is 5.97 Å². The Bertz CT molecular complexity index is 541. The number of rotatable bonds is 7. The van der Waals surface area contributed by atoms with Gasteiger partial charge in [0, 0.05) is 6.04 Å². The molecule has 132 valence electrons. The number of ether oxygens (including phenoxy) is 2. The Morgan fingerprint density at radius 2 is 1.88 bits per heavy atom. The van der Waals surface area contributed by atoms with Crippen molar-refractivity contribution in [2.75, 3.05) is 13.2 Å². The van der Waals surface area contributed by atoms with Crippen LogP contribution in [0.3, 0.4) is 0 Å². The molecule has 1 fully saturated rings. The summed E-state index contributed by atoms with van der Waals surface area (Å²) in [5.41, 5.74) is 1.15. The number of carbonyl (C=O) groups excluding carboxylic acids is 2. The highest BCUT2D eigenvalue weighted by Crippen LogP contribution is 2.23. The third-order valence-electron chi connectivity index (χ3n) is 4.42. The number of carbonyl (C=O) groups is 2. The van der Waals surface area contributed by atoms with Gasteiger partial charge in [-0.05, 0) is 37.8 Å². The molecule has 1 aromatic carbocycles. The Kier molecular flexibility index (Phi) is 7.09. The van der Waals surface area contributed by atoms with Gasteiger partial charge in [0.25, 0.3) is 5.91 Å². The van der Waals surface area contributed by atoms with Crippen molar-refractivity contribution < 1.29 is 19.1 Å². The Balaban J connectivity index is 1.60. The van der Waals surface area contributed by atoms with Crippen molar-refractivity contribution in [2.24, 2.45) is 5.92 Å². The van der Waals surface area contributed by atoms with Gasteiger partial charge in [-0.2, -0.15) is 0 Å². The van der Waals surface area contributed by atoms with Crippen molar-refractivity contribution in [3.8, 4) is 5.75 Å². The predicted molar refractivity (Wildman–Crippen MR) is 91.8 cm³/mol. The lowest BCUT2D eigenvalue weighted by atomic mass is 9.86. The molecule has 0 aromatic heterocycles. The smallest absolute Gasteiger partial charge is 0.309 e. The SMILES string of the molecule is Cc1ccc(OCCC(=O)OCC(=O)N[C@@H]2CCCC[C@H]2C)cc1. The zero-order chi connectivity index (χ0) is 17.4. The van der Waals surface area contributed by atoms with Gasteiger partial charge in [0.1, 0.15) is 5.75 Å². The molecule has 2 atom stereocenters. The quantitative estimate of drug-likeness (QED) is 0.779. The summed E-state index contributed by atoms with van der Waals surface area (Å²) in [6.45, 7) is 4.18. The van der Waals surface area contributed by atoms with Crippen molar-refractivity contribution in [3.05, 3.63) is 29.8 Å². The van der Waals surface area contributed by atoms with E-state index >= 15 is 0 Å². The summed E-state index contributed by atoms with van der Waals surface area (Å²) in [6.07, 6.45) is 4.64. The monoisotopic (exact) mass is 333 g/mol. The first kappa shape index (κ1) is 18.3. The zero-order valence-corrected chi connectivity index (χ0v) is 14.5. The number of esters is 1. The average Bonchev–Trinajstić information content (AvgIpc) is 2.57. The van der Waals surface area contributed by atoms with Crippen LogP contribution in [0.1, 0.15) is 44.6 Å². The molecular weight excluding hydrogens is 306 g/mol. The predicted octanol–water partition coefficient (Wildman–Crippen LogP) is 3.00. The molecule has 2 rings (SSSR count). The second kappa shape index (κ2) is 9.30. The molecule has 0 heterocycles. The van der Waals surface area contributed by atoms with Crippen molar-refractivity contribution in [2.45, 2.75) is 52.0 Å². The van der Waals surface area contributed by atoms with E-state index in [-0.39, 0.29) is 31.6 Å². The molecule has 0 aliphatic heterocycles. The Morgan fingerprint density at radius 3 is 2.58 bits per heavy atom. The maximum atomic E-state index is 11.9. The molecule has 24 heavy (non-hydrogen) atoms. The van der Waals surface area contributed by atoms with Crippen molar-refractivity contribution in [1.29, 1.82) is 0 Å².